The van der Waals surface area contributed by atoms with Crippen molar-refractivity contribution in [2.45, 2.75) is 58.0 Å². The van der Waals surface area contributed by atoms with E-state index in [0.29, 0.717) is 6.10 Å². The summed E-state index contributed by atoms with van der Waals surface area (Å²) in [6.45, 7) is 4.98. The SMILES string of the molecule is CCCCCCCCC1CSCCOCCSCCO1. The van der Waals surface area contributed by atoms with Gasteiger partial charge in [-0.1, -0.05) is 45.4 Å². The Morgan fingerprint density at radius 3 is 2.40 bits per heavy atom. The van der Waals surface area contributed by atoms with Crippen molar-refractivity contribution in [1.29, 1.82) is 0 Å². The summed E-state index contributed by atoms with van der Waals surface area (Å²) in [6.07, 6.45) is 9.95. The molecule has 0 aromatic rings. The van der Waals surface area contributed by atoms with Gasteiger partial charge in [0.1, 0.15) is 0 Å². The molecule has 0 aliphatic carbocycles. The van der Waals surface area contributed by atoms with Crippen LogP contribution in [-0.4, -0.2) is 48.9 Å². The monoisotopic (exact) mass is 320 g/mol. The van der Waals surface area contributed by atoms with Crippen molar-refractivity contribution in [2.24, 2.45) is 0 Å². The van der Waals surface area contributed by atoms with Gasteiger partial charge in [0.25, 0.3) is 0 Å². The Morgan fingerprint density at radius 2 is 1.55 bits per heavy atom. The van der Waals surface area contributed by atoms with Gasteiger partial charge < -0.3 is 9.47 Å². The molecule has 1 aliphatic heterocycles. The van der Waals surface area contributed by atoms with E-state index in [4.69, 9.17) is 9.47 Å². The molecule has 120 valence electrons. The van der Waals surface area contributed by atoms with Crippen molar-refractivity contribution in [2.75, 3.05) is 42.8 Å². The maximum atomic E-state index is 6.06. The van der Waals surface area contributed by atoms with Crippen LogP contribution in [0.4, 0.5) is 0 Å². The van der Waals surface area contributed by atoms with Gasteiger partial charge in [-0.3, -0.25) is 0 Å². The van der Waals surface area contributed by atoms with E-state index in [0.717, 1.165) is 42.8 Å². The third-order valence-electron chi connectivity index (χ3n) is 3.51. The molecule has 2 nitrogen and oxygen atoms in total. The molecule has 0 N–H and O–H groups in total. The van der Waals surface area contributed by atoms with Crippen LogP contribution < -0.4 is 0 Å². The lowest BCUT2D eigenvalue weighted by Crippen LogP contribution is -2.19. The lowest BCUT2D eigenvalue weighted by Gasteiger charge is -2.18. The van der Waals surface area contributed by atoms with Gasteiger partial charge in [-0.05, 0) is 6.42 Å². The molecule has 0 radical (unpaired) electrons. The Balaban J connectivity index is 2.08. The first kappa shape index (κ1) is 18.7. The van der Waals surface area contributed by atoms with Gasteiger partial charge in [-0.2, -0.15) is 23.5 Å². The fourth-order valence-electron chi connectivity index (χ4n) is 2.30. The fraction of sp³-hybridized carbons (Fsp3) is 1.00. The van der Waals surface area contributed by atoms with E-state index in [9.17, 15) is 0 Å². The van der Waals surface area contributed by atoms with Crippen LogP contribution in [0.5, 0.6) is 0 Å². The van der Waals surface area contributed by atoms with Gasteiger partial charge in [-0.25, -0.2) is 0 Å². The molecule has 1 aliphatic rings. The Labute approximate surface area is 134 Å². The average molecular weight is 321 g/mol. The third kappa shape index (κ3) is 11.3. The van der Waals surface area contributed by atoms with Crippen molar-refractivity contribution in [3.05, 3.63) is 0 Å². The molecule has 0 spiro atoms. The van der Waals surface area contributed by atoms with Crippen molar-refractivity contribution in [3.63, 3.8) is 0 Å². The Bertz CT molecular complexity index is 191. The van der Waals surface area contributed by atoms with Crippen molar-refractivity contribution >= 4 is 23.5 Å². The largest absolute Gasteiger partial charge is 0.380 e. The van der Waals surface area contributed by atoms with Crippen molar-refractivity contribution in [3.8, 4) is 0 Å². The summed E-state index contributed by atoms with van der Waals surface area (Å²) in [6, 6.07) is 0. The minimum Gasteiger partial charge on any atom is -0.380 e. The minimum atomic E-state index is 0.464. The third-order valence-corrected chi connectivity index (χ3v) is 5.48. The predicted octanol–water partition coefficient (Wildman–Crippen LogP) is 4.62. The van der Waals surface area contributed by atoms with E-state index in [1.807, 2.05) is 23.5 Å². The highest BCUT2D eigenvalue weighted by Gasteiger charge is 2.10. The molecular weight excluding hydrogens is 288 g/mol. The summed E-state index contributed by atoms with van der Waals surface area (Å²) >= 11 is 3.94. The summed E-state index contributed by atoms with van der Waals surface area (Å²) in [5.74, 6) is 4.47. The molecule has 4 heteroatoms. The second kappa shape index (κ2) is 14.6. The molecule has 0 bridgehead atoms. The van der Waals surface area contributed by atoms with Gasteiger partial charge in [0.15, 0.2) is 0 Å². The Kier molecular flexibility index (Phi) is 13.6. The summed E-state index contributed by atoms with van der Waals surface area (Å²) in [5.41, 5.74) is 0. The molecule has 0 aromatic heterocycles. The number of ether oxygens (including phenoxy) is 2. The van der Waals surface area contributed by atoms with Crippen LogP contribution in [0.15, 0.2) is 0 Å². The second-order valence-corrected chi connectivity index (χ2v) is 7.72. The average Bonchev–Trinajstić information content (AvgIpc) is 2.45. The molecule has 1 rings (SSSR count). The highest BCUT2D eigenvalue weighted by atomic mass is 32.2. The summed E-state index contributed by atoms with van der Waals surface area (Å²) in [7, 11) is 0. The summed E-state index contributed by atoms with van der Waals surface area (Å²) < 4.78 is 11.7. The van der Waals surface area contributed by atoms with Crippen molar-refractivity contribution < 1.29 is 9.47 Å². The molecule has 1 atom stereocenters. The number of hydrogen-bond acceptors (Lipinski definition) is 4. The zero-order valence-electron chi connectivity index (χ0n) is 13.1. The quantitative estimate of drug-likeness (QED) is 0.637. The van der Waals surface area contributed by atoms with Crippen LogP contribution >= 0.6 is 23.5 Å². The molecule has 20 heavy (non-hydrogen) atoms. The van der Waals surface area contributed by atoms with Gasteiger partial charge >= 0.3 is 0 Å². The van der Waals surface area contributed by atoms with Crippen molar-refractivity contribution in [1.82, 2.24) is 0 Å². The number of hydrogen-bond donors (Lipinski definition) is 0. The first-order valence-corrected chi connectivity index (χ1v) is 10.6. The maximum absolute atomic E-state index is 6.06. The standard InChI is InChI=1S/C16H32O2S2/c1-2-3-4-5-6-7-8-16-15-20-13-10-17-9-12-19-14-11-18-16/h16H,2-15H2,1H3. The van der Waals surface area contributed by atoms with Gasteiger partial charge in [0.05, 0.1) is 25.9 Å². The zero-order chi connectivity index (χ0) is 14.3. The number of thioether (sulfide) groups is 2. The smallest absolute Gasteiger partial charge is 0.0665 e. The van der Waals surface area contributed by atoms with E-state index in [1.165, 1.54) is 44.9 Å². The molecule has 0 saturated carbocycles. The molecule has 1 unspecified atom stereocenters. The lowest BCUT2D eigenvalue weighted by atomic mass is 10.1. The molecule has 1 fully saturated rings. The van der Waals surface area contributed by atoms with Crippen LogP contribution in [0.25, 0.3) is 0 Å². The van der Waals surface area contributed by atoms with Gasteiger partial charge in [0.2, 0.25) is 0 Å². The summed E-state index contributed by atoms with van der Waals surface area (Å²) in [5, 5.41) is 0. The molecule has 0 amide bonds. The van der Waals surface area contributed by atoms with E-state index in [1.54, 1.807) is 0 Å². The second-order valence-electron chi connectivity index (χ2n) is 5.35. The maximum Gasteiger partial charge on any atom is 0.0665 e. The summed E-state index contributed by atoms with van der Waals surface area (Å²) in [4.78, 5) is 0. The fourth-order valence-corrected chi connectivity index (χ4v) is 3.88. The highest BCUT2D eigenvalue weighted by Crippen LogP contribution is 2.16. The van der Waals surface area contributed by atoms with Crippen LogP contribution in [0.2, 0.25) is 0 Å². The zero-order valence-corrected chi connectivity index (χ0v) is 14.7. The lowest BCUT2D eigenvalue weighted by molar-refractivity contribution is 0.0733. The molecule has 1 heterocycles. The molecule has 1 saturated heterocycles. The first-order chi connectivity index (χ1) is 9.93. The van der Waals surface area contributed by atoms with E-state index in [-0.39, 0.29) is 0 Å². The van der Waals surface area contributed by atoms with E-state index in [2.05, 4.69) is 6.92 Å². The number of rotatable bonds is 7. The normalized spacial score (nSPS) is 22.9. The Morgan fingerprint density at radius 1 is 0.850 bits per heavy atom. The first-order valence-electron chi connectivity index (χ1n) is 8.28. The van der Waals surface area contributed by atoms with Crippen LogP contribution in [0.3, 0.4) is 0 Å². The van der Waals surface area contributed by atoms with Crippen LogP contribution in [0.1, 0.15) is 51.9 Å². The van der Waals surface area contributed by atoms with Crippen LogP contribution in [0, 0.1) is 0 Å². The molecular formula is C16H32O2S2. The van der Waals surface area contributed by atoms with Crippen LogP contribution in [-0.2, 0) is 9.47 Å². The molecule has 0 aromatic carbocycles. The predicted molar refractivity (Wildman–Crippen MR) is 93.2 cm³/mol. The van der Waals surface area contributed by atoms with Gasteiger partial charge in [0, 0.05) is 23.0 Å². The Hall–Kier alpha value is 0.620. The van der Waals surface area contributed by atoms with E-state index < -0.39 is 0 Å². The highest BCUT2D eigenvalue weighted by molar-refractivity contribution is 7.99. The minimum absolute atomic E-state index is 0.464. The van der Waals surface area contributed by atoms with E-state index >= 15 is 0 Å². The topological polar surface area (TPSA) is 18.5 Å². The van der Waals surface area contributed by atoms with Gasteiger partial charge in [-0.15, -0.1) is 0 Å². The number of unbranched alkanes of at least 4 members (excludes halogenated alkanes) is 5.